The van der Waals surface area contributed by atoms with Gasteiger partial charge in [-0.25, -0.2) is 4.79 Å². The first-order valence-corrected chi connectivity index (χ1v) is 10.6. The number of benzene rings is 2. The van der Waals surface area contributed by atoms with E-state index < -0.39 is 12.0 Å². The van der Waals surface area contributed by atoms with Crippen LogP contribution in [0.5, 0.6) is 0 Å². The Balaban J connectivity index is 1.91. The Morgan fingerprint density at radius 2 is 1.65 bits per heavy atom. The number of aliphatic carboxylic acids is 1. The molecule has 0 aromatic heterocycles. The average Bonchev–Trinajstić information content (AvgIpc) is 2.81. The molecule has 162 valence electrons. The van der Waals surface area contributed by atoms with Crippen molar-refractivity contribution in [2.75, 3.05) is 19.6 Å². The van der Waals surface area contributed by atoms with Crippen LogP contribution in [0.4, 0.5) is 0 Å². The van der Waals surface area contributed by atoms with Crippen LogP contribution in [0.1, 0.15) is 37.4 Å². The van der Waals surface area contributed by atoms with E-state index in [4.69, 9.17) is 0 Å². The van der Waals surface area contributed by atoms with E-state index in [1.165, 1.54) is 11.1 Å². The van der Waals surface area contributed by atoms with Crippen molar-refractivity contribution in [2.45, 2.75) is 32.4 Å². The molecule has 3 rings (SSSR count). The summed E-state index contributed by atoms with van der Waals surface area (Å²) in [5, 5.41) is 9.96. The van der Waals surface area contributed by atoms with Crippen molar-refractivity contribution < 1.29 is 14.7 Å². The lowest BCUT2D eigenvalue weighted by atomic mass is 9.95. The van der Waals surface area contributed by atoms with Crippen LogP contribution in [-0.2, 0) is 9.59 Å². The minimum absolute atomic E-state index is 0.0765. The molecule has 0 radical (unpaired) electrons. The molecule has 6 nitrogen and oxygen atoms in total. The lowest BCUT2D eigenvalue weighted by molar-refractivity contribution is -0.152. The Morgan fingerprint density at radius 3 is 2.13 bits per heavy atom. The molecular weight excluding hydrogens is 390 g/mol. The topological polar surface area (TPSA) is 73.2 Å². The number of aliphatic imine (C=N–C) groups is 1. The number of nitrogens with zero attached hydrogens (tertiary/aromatic N) is 3. The zero-order chi connectivity index (χ0) is 22.2. The van der Waals surface area contributed by atoms with Crippen molar-refractivity contribution >= 4 is 18.1 Å². The van der Waals surface area contributed by atoms with E-state index in [0.717, 1.165) is 11.1 Å². The number of piperazine rings is 1. The maximum absolute atomic E-state index is 13.1. The van der Waals surface area contributed by atoms with Gasteiger partial charge >= 0.3 is 5.97 Å². The van der Waals surface area contributed by atoms with E-state index in [1.807, 2.05) is 43.3 Å². The molecule has 2 aromatic carbocycles. The largest absolute Gasteiger partial charge is 0.480 e. The second-order valence-corrected chi connectivity index (χ2v) is 7.49. The van der Waals surface area contributed by atoms with E-state index in [9.17, 15) is 14.7 Å². The van der Waals surface area contributed by atoms with Gasteiger partial charge in [0.2, 0.25) is 0 Å². The first kappa shape index (κ1) is 22.4. The predicted octanol–water partition coefficient (Wildman–Crippen LogP) is 3.76. The zero-order valence-electron chi connectivity index (χ0n) is 18.0. The molecule has 0 spiro atoms. The molecule has 2 aromatic rings. The molecule has 1 heterocycles. The highest BCUT2D eigenvalue weighted by molar-refractivity contribution is 5.96. The molecule has 1 aliphatic rings. The Bertz CT molecular complexity index is 901. The van der Waals surface area contributed by atoms with Crippen LogP contribution in [0.2, 0.25) is 0 Å². The maximum Gasteiger partial charge on any atom is 0.327 e. The summed E-state index contributed by atoms with van der Waals surface area (Å²) >= 11 is 0. The van der Waals surface area contributed by atoms with Gasteiger partial charge in [-0.1, -0.05) is 67.6 Å². The van der Waals surface area contributed by atoms with Gasteiger partial charge in [0.25, 0.3) is 5.91 Å². The molecule has 6 heteroatoms. The van der Waals surface area contributed by atoms with Crippen LogP contribution in [0, 0.1) is 0 Å². The van der Waals surface area contributed by atoms with Crippen molar-refractivity contribution in [1.29, 1.82) is 0 Å². The molecule has 0 saturated carbocycles. The highest BCUT2D eigenvalue weighted by atomic mass is 16.4. The van der Waals surface area contributed by atoms with Gasteiger partial charge in [0.05, 0.1) is 6.04 Å². The van der Waals surface area contributed by atoms with Crippen molar-refractivity contribution in [3.8, 4) is 0 Å². The molecule has 1 amide bonds. The van der Waals surface area contributed by atoms with Crippen LogP contribution in [-0.4, -0.2) is 58.7 Å². The number of carboxylic acid groups (broad SMARTS) is 1. The molecule has 1 unspecified atom stereocenters. The van der Waals surface area contributed by atoms with Crippen LogP contribution < -0.4 is 0 Å². The summed E-state index contributed by atoms with van der Waals surface area (Å²) in [7, 11) is 0. The fourth-order valence-corrected chi connectivity index (χ4v) is 4.02. The van der Waals surface area contributed by atoms with Gasteiger partial charge in [-0.2, -0.15) is 0 Å². The maximum atomic E-state index is 13.1. The first-order valence-electron chi connectivity index (χ1n) is 10.6. The van der Waals surface area contributed by atoms with Gasteiger partial charge in [-0.15, -0.1) is 0 Å². The van der Waals surface area contributed by atoms with Crippen LogP contribution in [0.15, 0.2) is 77.4 Å². The lowest BCUT2D eigenvalue weighted by Gasteiger charge is -2.43. The fourth-order valence-electron chi connectivity index (χ4n) is 4.02. The Labute approximate surface area is 183 Å². The number of hydrogen-bond donors (Lipinski definition) is 1. The zero-order valence-corrected chi connectivity index (χ0v) is 18.0. The van der Waals surface area contributed by atoms with Gasteiger partial charge in [0, 0.05) is 37.6 Å². The van der Waals surface area contributed by atoms with Crippen molar-refractivity contribution in [1.82, 2.24) is 9.80 Å². The van der Waals surface area contributed by atoms with E-state index in [1.54, 1.807) is 13.1 Å². The number of rotatable bonds is 7. The molecule has 1 saturated heterocycles. The Morgan fingerprint density at radius 1 is 1.06 bits per heavy atom. The van der Waals surface area contributed by atoms with Crippen molar-refractivity contribution in [2.24, 2.45) is 4.99 Å². The third-order valence-corrected chi connectivity index (χ3v) is 5.59. The molecule has 1 atom stereocenters. The first-order chi connectivity index (χ1) is 15.1. The molecule has 1 aliphatic heterocycles. The third kappa shape index (κ3) is 5.27. The van der Waals surface area contributed by atoms with Crippen LogP contribution in [0.3, 0.4) is 0 Å². The molecule has 0 aliphatic carbocycles. The van der Waals surface area contributed by atoms with Crippen LogP contribution in [0.25, 0.3) is 0 Å². The third-order valence-electron chi connectivity index (χ3n) is 5.59. The minimum atomic E-state index is -0.993. The van der Waals surface area contributed by atoms with E-state index in [-0.39, 0.29) is 18.5 Å². The van der Waals surface area contributed by atoms with E-state index in [2.05, 4.69) is 34.2 Å². The second-order valence-electron chi connectivity index (χ2n) is 7.49. The van der Waals surface area contributed by atoms with Gasteiger partial charge in [-0.3, -0.25) is 14.7 Å². The van der Waals surface area contributed by atoms with Gasteiger partial charge in [0.15, 0.2) is 0 Å². The summed E-state index contributed by atoms with van der Waals surface area (Å²) < 4.78 is 0. The smallest absolute Gasteiger partial charge is 0.327 e. The highest BCUT2D eigenvalue weighted by Crippen LogP contribution is 2.31. The number of hydrogen-bond acceptors (Lipinski definition) is 4. The monoisotopic (exact) mass is 419 g/mol. The van der Waals surface area contributed by atoms with E-state index in [0.29, 0.717) is 25.1 Å². The number of amides is 1. The highest BCUT2D eigenvalue weighted by Gasteiger charge is 2.38. The summed E-state index contributed by atoms with van der Waals surface area (Å²) in [6.45, 7) is 4.84. The fraction of sp³-hybridized carbons (Fsp3) is 0.320. The summed E-state index contributed by atoms with van der Waals surface area (Å²) in [4.78, 5) is 32.9. The lowest BCUT2D eigenvalue weighted by Crippen LogP contribution is -2.59. The molecular formula is C25H29N3O3. The Hall–Kier alpha value is -3.25. The summed E-state index contributed by atoms with van der Waals surface area (Å²) in [6, 6.07) is 19.2. The summed E-state index contributed by atoms with van der Waals surface area (Å²) in [5.41, 5.74) is 2.72. The number of carboxylic acids is 1. The number of carbonyl (C=O) groups is 2. The van der Waals surface area contributed by atoms with Crippen molar-refractivity contribution in [3.63, 3.8) is 0 Å². The molecule has 1 N–H and O–H groups in total. The molecule has 31 heavy (non-hydrogen) atoms. The molecule has 0 bridgehead atoms. The summed E-state index contributed by atoms with van der Waals surface area (Å²) in [5.74, 6) is -1.25. The van der Waals surface area contributed by atoms with Gasteiger partial charge in [-0.05, 0) is 24.5 Å². The van der Waals surface area contributed by atoms with E-state index >= 15 is 0 Å². The predicted molar refractivity (Wildman–Crippen MR) is 122 cm³/mol. The van der Waals surface area contributed by atoms with Crippen LogP contribution >= 0.6 is 0 Å². The van der Waals surface area contributed by atoms with Crippen molar-refractivity contribution in [3.05, 3.63) is 83.6 Å². The normalized spacial score (nSPS) is 18.0. The quantitative estimate of drug-likeness (QED) is 0.548. The standard InChI is InChI=1S/C25H29N3O3/c1-3-19(17-26-4-2)24(29)28-16-15-27(18-22(28)25(30)31)23(20-11-7-5-8-12-20)21-13-9-6-10-14-21/h4-14,17,22-23H,3,15-16,18H2,1-2H3,(H,30,31)/b19-17+,26-4-. The van der Waals surface area contributed by atoms with Gasteiger partial charge in [0.1, 0.15) is 6.04 Å². The van der Waals surface area contributed by atoms with Gasteiger partial charge < -0.3 is 10.0 Å². The SMILES string of the molecule is C/C=N\C=C(/CC)C(=O)N1CCN(C(c2ccccc2)c2ccccc2)CC1C(=O)O. The summed E-state index contributed by atoms with van der Waals surface area (Å²) in [6.07, 6.45) is 3.64. The second kappa shape index (κ2) is 10.7. The Kier molecular flexibility index (Phi) is 7.73. The average molecular weight is 420 g/mol. The number of carbonyl (C=O) groups excluding carboxylic acids is 1. The minimum Gasteiger partial charge on any atom is -0.480 e. The molecule has 1 fully saturated rings.